The third-order valence-corrected chi connectivity index (χ3v) is 4.11. The Bertz CT molecular complexity index is 631. The third kappa shape index (κ3) is 2.44. The first-order chi connectivity index (χ1) is 9.34. The summed E-state index contributed by atoms with van der Waals surface area (Å²) in [7, 11) is 1.46. The lowest BCUT2D eigenvalue weighted by Gasteiger charge is -2.30. The first-order valence-electron chi connectivity index (χ1n) is 5.85. The van der Waals surface area contributed by atoms with Crippen molar-refractivity contribution in [1.29, 1.82) is 0 Å². The molecule has 1 amide bonds. The summed E-state index contributed by atoms with van der Waals surface area (Å²) in [6.07, 6.45) is 2.96. The Morgan fingerprint density at radius 3 is 2.70 bits per heavy atom. The summed E-state index contributed by atoms with van der Waals surface area (Å²) >= 11 is 1.17. The molecule has 2 aromatic heterocycles. The predicted octanol–water partition coefficient (Wildman–Crippen LogP) is 2.34. The van der Waals surface area contributed by atoms with Crippen molar-refractivity contribution in [2.75, 3.05) is 7.05 Å². The Hall–Kier alpha value is -2.15. The SMILES string of the molecule is CN(C(=O)c1cnc(-c2ccco2)s1)C(C)(C)C(=O)O. The zero-order valence-electron chi connectivity index (χ0n) is 11.3. The number of aliphatic carboxylic acids is 1. The minimum absolute atomic E-state index is 0.369. The van der Waals surface area contributed by atoms with E-state index in [4.69, 9.17) is 9.52 Å². The molecule has 0 aliphatic carbocycles. The van der Waals surface area contributed by atoms with Crippen LogP contribution in [0.15, 0.2) is 29.0 Å². The minimum Gasteiger partial charge on any atom is -0.480 e. The van der Waals surface area contributed by atoms with Gasteiger partial charge >= 0.3 is 5.97 Å². The number of nitrogens with zero attached hydrogens (tertiary/aromatic N) is 2. The van der Waals surface area contributed by atoms with Gasteiger partial charge in [0.1, 0.15) is 10.4 Å². The number of hydrogen-bond acceptors (Lipinski definition) is 5. The highest BCUT2D eigenvalue weighted by Gasteiger charge is 2.36. The molecule has 0 fully saturated rings. The lowest BCUT2D eigenvalue weighted by atomic mass is 10.0. The molecule has 2 heterocycles. The monoisotopic (exact) mass is 294 g/mol. The Morgan fingerprint density at radius 2 is 2.15 bits per heavy atom. The molecule has 106 valence electrons. The van der Waals surface area contributed by atoms with Gasteiger partial charge < -0.3 is 14.4 Å². The zero-order chi connectivity index (χ0) is 14.9. The first kappa shape index (κ1) is 14.3. The zero-order valence-corrected chi connectivity index (χ0v) is 12.1. The molecule has 0 atom stereocenters. The fourth-order valence-corrected chi connectivity index (χ4v) is 2.31. The van der Waals surface area contributed by atoms with E-state index in [2.05, 4.69) is 4.98 Å². The number of amides is 1. The Balaban J connectivity index is 2.24. The largest absolute Gasteiger partial charge is 0.480 e. The van der Waals surface area contributed by atoms with Crippen molar-refractivity contribution >= 4 is 23.2 Å². The summed E-state index contributed by atoms with van der Waals surface area (Å²) in [6, 6.07) is 3.48. The molecule has 20 heavy (non-hydrogen) atoms. The molecule has 2 rings (SSSR count). The van der Waals surface area contributed by atoms with Crippen molar-refractivity contribution in [3.05, 3.63) is 29.5 Å². The van der Waals surface area contributed by atoms with Gasteiger partial charge in [0.15, 0.2) is 10.8 Å². The van der Waals surface area contributed by atoms with Crippen LogP contribution in [0.1, 0.15) is 23.5 Å². The molecule has 0 unspecified atom stereocenters. The smallest absolute Gasteiger partial charge is 0.329 e. The lowest BCUT2D eigenvalue weighted by molar-refractivity contribution is -0.147. The number of hydrogen-bond donors (Lipinski definition) is 1. The van der Waals surface area contributed by atoms with Crippen LogP contribution in [-0.2, 0) is 4.79 Å². The molecule has 0 spiro atoms. The first-order valence-corrected chi connectivity index (χ1v) is 6.67. The number of carboxylic acids is 1. The minimum atomic E-state index is -1.29. The number of carbonyl (C=O) groups excluding carboxylic acids is 1. The highest BCUT2D eigenvalue weighted by molar-refractivity contribution is 7.16. The molecule has 0 saturated carbocycles. The molecule has 0 aromatic carbocycles. The molecule has 2 aromatic rings. The second-order valence-electron chi connectivity index (χ2n) is 4.74. The van der Waals surface area contributed by atoms with E-state index < -0.39 is 11.5 Å². The van der Waals surface area contributed by atoms with Crippen LogP contribution in [0.2, 0.25) is 0 Å². The highest BCUT2D eigenvalue weighted by Crippen LogP contribution is 2.27. The van der Waals surface area contributed by atoms with Crippen molar-refractivity contribution in [1.82, 2.24) is 9.88 Å². The van der Waals surface area contributed by atoms with E-state index in [9.17, 15) is 9.59 Å². The molecule has 0 radical (unpaired) electrons. The van der Waals surface area contributed by atoms with E-state index in [1.807, 2.05) is 0 Å². The molecular weight excluding hydrogens is 280 g/mol. The molecule has 0 aliphatic rings. The average Bonchev–Trinajstić information content (AvgIpc) is 3.06. The van der Waals surface area contributed by atoms with Crippen molar-refractivity contribution in [3.63, 3.8) is 0 Å². The van der Waals surface area contributed by atoms with Gasteiger partial charge in [-0.05, 0) is 26.0 Å². The maximum absolute atomic E-state index is 12.3. The fraction of sp³-hybridized carbons (Fsp3) is 0.308. The van der Waals surface area contributed by atoms with Gasteiger partial charge in [0, 0.05) is 7.05 Å². The third-order valence-electron chi connectivity index (χ3n) is 3.11. The fourth-order valence-electron chi connectivity index (χ4n) is 1.45. The van der Waals surface area contributed by atoms with E-state index >= 15 is 0 Å². The predicted molar refractivity (Wildman–Crippen MR) is 73.6 cm³/mol. The molecule has 6 nitrogen and oxygen atoms in total. The van der Waals surface area contributed by atoms with Gasteiger partial charge in [-0.1, -0.05) is 0 Å². The number of likely N-dealkylation sites (N-methyl/N-ethyl adjacent to an activating group) is 1. The van der Waals surface area contributed by atoms with E-state index in [0.717, 1.165) is 0 Å². The summed E-state index contributed by atoms with van der Waals surface area (Å²) < 4.78 is 5.21. The van der Waals surface area contributed by atoms with Crippen LogP contribution in [0.3, 0.4) is 0 Å². The second kappa shape index (κ2) is 5.09. The maximum atomic E-state index is 12.3. The Morgan fingerprint density at radius 1 is 1.45 bits per heavy atom. The standard InChI is InChI=1S/C13H14N2O4S/c1-13(2,12(17)18)15(3)11(16)9-7-14-10(20-9)8-5-4-6-19-8/h4-7H,1-3H3,(H,17,18). The van der Waals surface area contributed by atoms with E-state index in [1.165, 1.54) is 49.6 Å². The van der Waals surface area contributed by atoms with Gasteiger partial charge in [-0.15, -0.1) is 11.3 Å². The number of rotatable bonds is 4. The van der Waals surface area contributed by atoms with Gasteiger partial charge in [0.2, 0.25) is 0 Å². The van der Waals surface area contributed by atoms with Crippen molar-refractivity contribution < 1.29 is 19.1 Å². The van der Waals surface area contributed by atoms with Crippen LogP contribution < -0.4 is 0 Å². The number of carbonyl (C=O) groups is 2. The van der Waals surface area contributed by atoms with Crippen LogP contribution in [0.25, 0.3) is 10.8 Å². The lowest BCUT2D eigenvalue weighted by Crippen LogP contribution is -2.50. The van der Waals surface area contributed by atoms with Gasteiger partial charge in [0.05, 0.1) is 12.5 Å². The van der Waals surface area contributed by atoms with Crippen LogP contribution >= 0.6 is 11.3 Å². The quantitative estimate of drug-likeness (QED) is 0.935. The van der Waals surface area contributed by atoms with E-state index in [0.29, 0.717) is 15.6 Å². The van der Waals surface area contributed by atoms with Crippen LogP contribution in [0, 0.1) is 0 Å². The van der Waals surface area contributed by atoms with Crippen LogP contribution in [0.5, 0.6) is 0 Å². The van der Waals surface area contributed by atoms with Gasteiger partial charge in [-0.25, -0.2) is 9.78 Å². The summed E-state index contributed by atoms with van der Waals surface area (Å²) in [5.74, 6) is -0.869. The van der Waals surface area contributed by atoms with Crippen molar-refractivity contribution in [2.45, 2.75) is 19.4 Å². The number of carboxylic acid groups (broad SMARTS) is 1. The van der Waals surface area contributed by atoms with Crippen molar-refractivity contribution in [3.8, 4) is 10.8 Å². The highest BCUT2D eigenvalue weighted by atomic mass is 32.1. The van der Waals surface area contributed by atoms with Gasteiger partial charge in [-0.2, -0.15) is 0 Å². The summed E-state index contributed by atoms with van der Waals surface area (Å²) in [6.45, 7) is 2.95. The molecule has 0 bridgehead atoms. The second-order valence-corrected chi connectivity index (χ2v) is 5.77. The maximum Gasteiger partial charge on any atom is 0.329 e. The Kier molecular flexibility index (Phi) is 3.63. The molecule has 7 heteroatoms. The molecule has 1 N–H and O–H groups in total. The summed E-state index contributed by atoms with van der Waals surface area (Å²) in [5.41, 5.74) is -1.29. The molecular formula is C13H14N2O4S. The van der Waals surface area contributed by atoms with Gasteiger partial charge in [-0.3, -0.25) is 4.79 Å². The topological polar surface area (TPSA) is 83.6 Å². The summed E-state index contributed by atoms with van der Waals surface area (Å²) in [4.78, 5) is 29.1. The van der Waals surface area contributed by atoms with E-state index in [-0.39, 0.29) is 5.91 Å². The number of aromatic nitrogens is 1. The normalized spacial score (nSPS) is 11.3. The van der Waals surface area contributed by atoms with Crippen molar-refractivity contribution in [2.24, 2.45) is 0 Å². The molecule has 0 aliphatic heterocycles. The Labute approximate surface area is 119 Å². The van der Waals surface area contributed by atoms with Crippen LogP contribution in [0.4, 0.5) is 0 Å². The molecule has 0 saturated heterocycles. The van der Waals surface area contributed by atoms with Crippen LogP contribution in [-0.4, -0.2) is 39.5 Å². The van der Waals surface area contributed by atoms with E-state index in [1.54, 1.807) is 12.1 Å². The number of thiazole rings is 1. The number of furan rings is 1. The van der Waals surface area contributed by atoms with Gasteiger partial charge in [0.25, 0.3) is 5.91 Å². The summed E-state index contributed by atoms with van der Waals surface area (Å²) in [5, 5.41) is 9.73. The average molecular weight is 294 g/mol.